The minimum atomic E-state index is 0. The Morgan fingerprint density at radius 3 is 1.30 bits per heavy atom. The first-order chi connectivity index (χ1) is 10.6. The number of aliphatic hydroxyl groups excluding tert-OH is 1. The SMILES string of the molecule is CCCCCCCCCCCCCC[N+](C)(C)CCCCO.[Br-]. The minimum absolute atomic E-state index is 0. The molecule has 0 spiro atoms. The lowest BCUT2D eigenvalue weighted by molar-refractivity contribution is -0.890. The van der Waals surface area contributed by atoms with Crippen LogP contribution in [0.5, 0.6) is 0 Å². The van der Waals surface area contributed by atoms with Gasteiger partial charge in [-0.15, -0.1) is 0 Å². The molecule has 0 bridgehead atoms. The van der Waals surface area contributed by atoms with Gasteiger partial charge in [0.2, 0.25) is 0 Å². The molecule has 0 radical (unpaired) electrons. The summed E-state index contributed by atoms with van der Waals surface area (Å²) in [6.07, 6.45) is 19.2. The molecule has 0 saturated carbocycles. The van der Waals surface area contributed by atoms with Gasteiger partial charge in [-0.05, 0) is 25.7 Å². The first kappa shape index (κ1) is 25.6. The van der Waals surface area contributed by atoms with Crippen molar-refractivity contribution < 1.29 is 26.6 Å². The van der Waals surface area contributed by atoms with Crippen LogP contribution in [0.25, 0.3) is 0 Å². The average molecular weight is 394 g/mol. The first-order valence-corrected chi connectivity index (χ1v) is 10.1. The van der Waals surface area contributed by atoms with E-state index in [4.69, 9.17) is 5.11 Å². The van der Waals surface area contributed by atoms with E-state index in [0.29, 0.717) is 6.61 Å². The van der Waals surface area contributed by atoms with Crippen LogP contribution in [0, 0.1) is 0 Å². The molecule has 0 aromatic heterocycles. The molecule has 23 heavy (non-hydrogen) atoms. The molecule has 3 heteroatoms. The third kappa shape index (κ3) is 20.4. The second-order valence-electron chi connectivity index (χ2n) is 7.70. The van der Waals surface area contributed by atoms with Crippen molar-refractivity contribution in [3.05, 3.63) is 0 Å². The van der Waals surface area contributed by atoms with Crippen molar-refractivity contribution in [1.82, 2.24) is 0 Å². The highest BCUT2D eigenvalue weighted by Gasteiger charge is 2.13. The number of aliphatic hydroxyl groups is 1. The van der Waals surface area contributed by atoms with Crippen molar-refractivity contribution >= 4 is 0 Å². The summed E-state index contributed by atoms with van der Waals surface area (Å²) in [6.45, 7) is 5.13. The highest BCUT2D eigenvalue weighted by Crippen LogP contribution is 2.13. The van der Waals surface area contributed by atoms with Crippen LogP contribution in [0.2, 0.25) is 0 Å². The Morgan fingerprint density at radius 1 is 0.565 bits per heavy atom. The van der Waals surface area contributed by atoms with Crippen LogP contribution in [-0.2, 0) is 0 Å². The van der Waals surface area contributed by atoms with Crippen LogP contribution in [0.15, 0.2) is 0 Å². The molecule has 0 aliphatic rings. The zero-order valence-corrected chi connectivity index (χ0v) is 17.9. The molecule has 1 N–H and O–H groups in total. The van der Waals surface area contributed by atoms with Gasteiger partial charge < -0.3 is 26.6 Å². The fraction of sp³-hybridized carbons (Fsp3) is 1.00. The smallest absolute Gasteiger partial charge is 0.0783 e. The van der Waals surface area contributed by atoms with E-state index in [1.807, 2.05) is 0 Å². The maximum atomic E-state index is 8.84. The predicted molar refractivity (Wildman–Crippen MR) is 99.2 cm³/mol. The van der Waals surface area contributed by atoms with Gasteiger partial charge in [-0.2, -0.15) is 0 Å². The molecule has 0 rings (SSSR count). The van der Waals surface area contributed by atoms with Gasteiger partial charge in [-0.25, -0.2) is 0 Å². The van der Waals surface area contributed by atoms with Gasteiger partial charge in [0.15, 0.2) is 0 Å². The lowest BCUT2D eigenvalue weighted by Gasteiger charge is -2.29. The molecule has 0 amide bonds. The lowest BCUT2D eigenvalue weighted by Crippen LogP contribution is -3.00. The summed E-state index contributed by atoms with van der Waals surface area (Å²) >= 11 is 0. The van der Waals surface area contributed by atoms with Crippen molar-refractivity contribution in [2.24, 2.45) is 0 Å². The fourth-order valence-electron chi connectivity index (χ4n) is 3.14. The maximum absolute atomic E-state index is 8.84. The number of nitrogens with zero attached hydrogens (tertiary/aromatic N) is 1. The summed E-state index contributed by atoms with van der Waals surface area (Å²) in [5.41, 5.74) is 0. The molecule has 142 valence electrons. The standard InChI is InChI=1S/C20H44NO.BrH/c1-4-5-6-7-8-9-10-11-12-13-14-15-18-21(2,3)19-16-17-20-22;/h22H,4-20H2,1-3H3;1H/q+1;/p-1. The molecule has 0 aliphatic carbocycles. The van der Waals surface area contributed by atoms with Gasteiger partial charge >= 0.3 is 0 Å². The average Bonchev–Trinajstić information content (AvgIpc) is 2.48. The van der Waals surface area contributed by atoms with Crippen molar-refractivity contribution in [2.75, 3.05) is 33.8 Å². The molecule has 0 aromatic rings. The molecule has 0 unspecified atom stereocenters. The van der Waals surface area contributed by atoms with Gasteiger partial charge in [0.25, 0.3) is 0 Å². The van der Waals surface area contributed by atoms with E-state index in [-0.39, 0.29) is 17.0 Å². The molecule has 2 nitrogen and oxygen atoms in total. The minimum Gasteiger partial charge on any atom is -1.00 e. The van der Waals surface area contributed by atoms with Gasteiger partial charge in [0.05, 0.1) is 27.2 Å². The maximum Gasteiger partial charge on any atom is 0.0783 e. The van der Waals surface area contributed by atoms with Crippen LogP contribution in [0.4, 0.5) is 0 Å². The number of unbranched alkanes of at least 4 members (excludes halogenated alkanes) is 12. The van der Waals surface area contributed by atoms with Crippen LogP contribution in [0.1, 0.15) is 96.8 Å². The van der Waals surface area contributed by atoms with E-state index in [0.717, 1.165) is 17.3 Å². The zero-order valence-electron chi connectivity index (χ0n) is 16.3. The second-order valence-corrected chi connectivity index (χ2v) is 7.70. The summed E-state index contributed by atoms with van der Waals surface area (Å²) in [5, 5.41) is 8.84. The molecule has 0 atom stereocenters. The number of rotatable bonds is 17. The van der Waals surface area contributed by atoms with E-state index in [2.05, 4.69) is 21.0 Å². The molecule has 0 heterocycles. The van der Waals surface area contributed by atoms with Crippen molar-refractivity contribution in [2.45, 2.75) is 96.8 Å². The quantitative estimate of drug-likeness (QED) is 0.297. The van der Waals surface area contributed by atoms with Crippen LogP contribution in [-0.4, -0.2) is 43.4 Å². The molecule has 0 aromatic carbocycles. The Labute approximate surface area is 157 Å². The van der Waals surface area contributed by atoms with E-state index in [1.165, 1.54) is 90.1 Å². The van der Waals surface area contributed by atoms with Gasteiger partial charge in [0, 0.05) is 6.61 Å². The zero-order chi connectivity index (χ0) is 16.5. The van der Waals surface area contributed by atoms with E-state index >= 15 is 0 Å². The van der Waals surface area contributed by atoms with E-state index in [9.17, 15) is 0 Å². The summed E-state index contributed by atoms with van der Waals surface area (Å²) < 4.78 is 1.12. The van der Waals surface area contributed by atoms with Crippen molar-refractivity contribution in [3.63, 3.8) is 0 Å². The predicted octanol–water partition coefficient (Wildman–Crippen LogP) is 2.54. The fourth-order valence-corrected chi connectivity index (χ4v) is 3.14. The lowest BCUT2D eigenvalue weighted by atomic mass is 10.1. The normalized spacial score (nSPS) is 11.5. The van der Waals surface area contributed by atoms with E-state index < -0.39 is 0 Å². The Balaban J connectivity index is 0. The third-order valence-electron chi connectivity index (χ3n) is 4.79. The Bertz CT molecular complexity index is 222. The largest absolute Gasteiger partial charge is 1.00 e. The van der Waals surface area contributed by atoms with Gasteiger partial charge in [-0.1, -0.05) is 71.1 Å². The molecular weight excluding hydrogens is 350 g/mol. The summed E-state index contributed by atoms with van der Waals surface area (Å²) in [7, 11) is 4.66. The van der Waals surface area contributed by atoms with Crippen molar-refractivity contribution in [1.29, 1.82) is 0 Å². The monoisotopic (exact) mass is 393 g/mol. The summed E-state index contributed by atoms with van der Waals surface area (Å²) in [4.78, 5) is 0. The highest BCUT2D eigenvalue weighted by molar-refractivity contribution is 4.49. The van der Waals surface area contributed by atoms with Crippen LogP contribution >= 0.6 is 0 Å². The summed E-state index contributed by atoms with van der Waals surface area (Å²) in [5.74, 6) is 0. The topological polar surface area (TPSA) is 20.2 Å². The Morgan fingerprint density at radius 2 is 0.913 bits per heavy atom. The number of hydrogen-bond donors (Lipinski definition) is 1. The summed E-state index contributed by atoms with van der Waals surface area (Å²) in [6, 6.07) is 0. The Kier molecular flexibility index (Phi) is 20.9. The third-order valence-corrected chi connectivity index (χ3v) is 4.79. The van der Waals surface area contributed by atoms with Crippen molar-refractivity contribution in [3.8, 4) is 0 Å². The number of hydrogen-bond acceptors (Lipinski definition) is 1. The van der Waals surface area contributed by atoms with Crippen LogP contribution < -0.4 is 17.0 Å². The highest BCUT2D eigenvalue weighted by atomic mass is 79.9. The second kappa shape index (κ2) is 18.7. The van der Waals surface area contributed by atoms with Gasteiger partial charge in [0.1, 0.15) is 0 Å². The number of quaternary nitrogens is 1. The molecule has 0 saturated heterocycles. The van der Waals surface area contributed by atoms with Crippen LogP contribution in [0.3, 0.4) is 0 Å². The van der Waals surface area contributed by atoms with Gasteiger partial charge in [-0.3, -0.25) is 0 Å². The first-order valence-electron chi connectivity index (χ1n) is 10.1. The molecular formula is C20H44BrNO. The molecule has 0 fully saturated rings. The van der Waals surface area contributed by atoms with E-state index in [1.54, 1.807) is 0 Å². The Hall–Kier alpha value is 0.400. The number of halogens is 1. The molecule has 0 aliphatic heterocycles.